The first kappa shape index (κ1) is 19.9. The predicted molar refractivity (Wildman–Crippen MR) is 121 cm³/mol. The van der Waals surface area contributed by atoms with Gasteiger partial charge in [-0.15, -0.1) is 22.7 Å². The molecule has 0 unspecified atom stereocenters. The van der Waals surface area contributed by atoms with Crippen LogP contribution in [0.15, 0.2) is 51.6 Å². The quantitative estimate of drug-likeness (QED) is 0.480. The molecule has 0 radical (unpaired) electrons. The molecule has 1 saturated heterocycles. The molecule has 1 fully saturated rings. The van der Waals surface area contributed by atoms with Crippen molar-refractivity contribution in [2.75, 3.05) is 18.4 Å². The number of benzene rings is 1. The molecule has 1 aromatic carbocycles. The molecular formula is C22H20N4O3S2. The number of nitrogens with one attached hydrogen (secondary N) is 1. The van der Waals surface area contributed by atoms with Crippen LogP contribution >= 0.6 is 22.7 Å². The standard InChI is InChI=1S/C22H20N4O3S2/c27-19(12-15-13-31-22(23-15)25-20(28)18-6-3-11-30-18)26-9-7-14(8-10-26)21-24-16-4-1-2-5-17(16)29-21/h1-6,11,13-14H,7-10,12H2,(H,23,25,28). The highest BCUT2D eigenvalue weighted by Gasteiger charge is 2.27. The number of thiophene rings is 1. The van der Waals surface area contributed by atoms with Crippen LogP contribution in [-0.4, -0.2) is 39.8 Å². The first-order valence-electron chi connectivity index (χ1n) is 10.1. The summed E-state index contributed by atoms with van der Waals surface area (Å²) in [6, 6.07) is 11.4. The Hall–Kier alpha value is -3.04. The van der Waals surface area contributed by atoms with Gasteiger partial charge >= 0.3 is 0 Å². The number of aromatic nitrogens is 2. The third-order valence-electron chi connectivity index (χ3n) is 5.36. The number of anilines is 1. The van der Waals surface area contributed by atoms with Crippen LogP contribution in [0.4, 0.5) is 5.13 Å². The van der Waals surface area contributed by atoms with Crippen LogP contribution in [0.2, 0.25) is 0 Å². The van der Waals surface area contributed by atoms with Gasteiger partial charge in [0.25, 0.3) is 5.91 Å². The maximum atomic E-state index is 12.7. The van der Waals surface area contributed by atoms with Crippen molar-refractivity contribution in [1.29, 1.82) is 0 Å². The molecule has 7 nitrogen and oxygen atoms in total. The van der Waals surface area contributed by atoms with Crippen molar-refractivity contribution >= 4 is 50.7 Å². The third kappa shape index (κ3) is 4.38. The van der Waals surface area contributed by atoms with Gasteiger partial charge in [0.1, 0.15) is 5.52 Å². The highest BCUT2D eigenvalue weighted by molar-refractivity contribution is 7.14. The molecule has 1 N–H and O–H groups in total. The van der Waals surface area contributed by atoms with Crippen molar-refractivity contribution in [2.24, 2.45) is 0 Å². The van der Waals surface area contributed by atoms with Crippen LogP contribution in [0, 0.1) is 0 Å². The molecule has 4 aromatic rings. The fraction of sp³-hybridized carbons (Fsp3) is 0.273. The lowest BCUT2D eigenvalue weighted by Crippen LogP contribution is -2.38. The van der Waals surface area contributed by atoms with Crippen molar-refractivity contribution in [3.63, 3.8) is 0 Å². The number of rotatable bonds is 5. The van der Waals surface area contributed by atoms with Crippen molar-refractivity contribution in [3.05, 3.63) is 63.6 Å². The summed E-state index contributed by atoms with van der Waals surface area (Å²) in [5.41, 5.74) is 2.36. The Labute approximate surface area is 186 Å². The Morgan fingerprint density at radius 1 is 1.10 bits per heavy atom. The van der Waals surface area contributed by atoms with Crippen molar-refractivity contribution in [2.45, 2.75) is 25.2 Å². The maximum Gasteiger partial charge on any atom is 0.267 e. The minimum absolute atomic E-state index is 0.0532. The molecular weight excluding hydrogens is 432 g/mol. The van der Waals surface area contributed by atoms with Gasteiger partial charge in [-0.25, -0.2) is 9.97 Å². The highest BCUT2D eigenvalue weighted by atomic mass is 32.1. The zero-order chi connectivity index (χ0) is 21.2. The second-order valence-corrected chi connectivity index (χ2v) is 9.23. The van der Waals surface area contributed by atoms with Gasteiger partial charge in [0.05, 0.1) is 17.0 Å². The summed E-state index contributed by atoms with van der Waals surface area (Å²) in [5.74, 6) is 0.870. The van der Waals surface area contributed by atoms with E-state index in [1.807, 2.05) is 46.0 Å². The molecule has 2 amide bonds. The molecule has 0 atom stereocenters. The maximum absolute atomic E-state index is 12.7. The van der Waals surface area contributed by atoms with Gasteiger partial charge in [0, 0.05) is 24.4 Å². The number of likely N-dealkylation sites (tertiary alicyclic amines) is 1. The van der Waals surface area contributed by atoms with E-state index in [9.17, 15) is 9.59 Å². The first-order chi connectivity index (χ1) is 15.2. The summed E-state index contributed by atoms with van der Waals surface area (Å²) >= 11 is 2.71. The van der Waals surface area contributed by atoms with Crippen molar-refractivity contribution in [3.8, 4) is 0 Å². The number of carbonyl (C=O) groups is 2. The molecule has 0 bridgehead atoms. The normalized spacial score (nSPS) is 14.8. The smallest absolute Gasteiger partial charge is 0.267 e. The van der Waals surface area contributed by atoms with Crippen molar-refractivity contribution in [1.82, 2.24) is 14.9 Å². The number of thiazole rings is 1. The number of carbonyl (C=O) groups excluding carboxylic acids is 2. The summed E-state index contributed by atoms with van der Waals surface area (Å²) in [6.07, 6.45) is 1.90. The Morgan fingerprint density at radius 3 is 2.71 bits per heavy atom. The average Bonchev–Trinajstić information content (AvgIpc) is 3.54. The van der Waals surface area contributed by atoms with E-state index in [4.69, 9.17) is 4.42 Å². The predicted octanol–water partition coefficient (Wildman–Crippen LogP) is 4.55. The minimum Gasteiger partial charge on any atom is -0.440 e. The van der Waals surface area contributed by atoms with E-state index in [0.29, 0.717) is 28.8 Å². The fourth-order valence-electron chi connectivity index (χ4n) is 3.72. The lowest BCUT2D eigenvalue weighted by atomic mass is 9.96. The molecule has 3 aromatic heterocycles. The van der Waals surface area contributed by atoms with Gasteiger partial charge in [0.15, 0.2) is 16.6 Å². The average molecular weight is 453 g/mol. The summed E-state index contributed by atoms with van der Waals surface area (Å²) < 4.78 is 5.90. The highest BCUT2D eigenvalue weighted by Crippen LogP contribution is 2.30. The number of amides is 2. The van der Waals surface area contributed by atoms with Crippen LogP contribution < -0.4 is 5.32 Å². The molecule has 31 heavy (non-hydrogen) atoms. The molecule has 5 rings (SSSR count). The molecule has 1 aliphatic heterocycles. The monoisotopic (exact) mass is 452 g/mol. The lowest BCUT2D eigenvalue weighted by molar-refractivity contribution is -0.131. The van der Waals surface area contributed by atoms with Gasteiger partial charge in [-0.2, -0.15) is 0 Å². The van der Waals surface area contributed by atoms with Crippen LogP contribution in [0.3, 0.4) is 0 Å². The van der Waals surface area contributed by atoms with Crippen LogP contribution in [-0.2, 0) is 11.2 Å². The SMILES string of the molecule is O=C(Nc1nc(CC(=O)N2CCC(c3nc4ccccc4o3)CC2)cs1)c1cccs1. The fourth-order valence-corrected chi connectivity index (χ4v) is 5.04. The van der Waals surface area contributed by atoms with Crippen LogP contribution in [0.1, 0.15) is 40.0 Å². The van der Waals surface area contributed by atoms with E-state index in [0.717, 1.165) is 29.8 Å². The second kappa shape index (κ2) is 8.60. The zero-order valence-corrected chi connectivity index (χ0v) is 18.2. The summed E-state index contributed by atoms with van der Waals surface area (Å²) in [5, 5.41) is 6.98. The number of oxazole rings is 1. The number of para-hydroxylation sites is 2. The molecule has 0 spiro atoms. The van der Waals surface area contributed by atoms with Gasteiger partial charge in [0.2, 0.25) is 5.91 Å². The topological polar surface area (TPSA) is 88.3 Å². The summed E-state index contributed by atoms with van der Waals surface area (Å²) in [6.45, 7) is 1.35. The van der Waals surface area contributed by atoms with Gasteiger partial charge in [-0.1, -0.05) is 18.2 Å². The minimum atomic E-state index is -0.177. The number of piperidine rings is 1. The Morgan fingerprint density at radius 2 is 1.94 bits per heavy atom. The van der Waals surface area contributed by atoms with Crippen LogP contribution in [0.25, 0.3) is 11.1 Å². The van der Waals surface area contributed by atoms with Crippen LogP contribution in [0.5, 0.6) is 0 Å². The molecule has 158 valence electrons. The van der Waals surface area contributed by atoms with E-state index in [1.54, 1.807) is 6.07 Å². The molecule has 0 saturated carbocycles. The van der Waals surface area contributed by atoms with E-state index in [1.165, 1.54) is 22.7 Å². The van der Waals surface area contributed by atoms with E-state index in [2.05, 4.69) is 15.3 Å². The number of hydrogen-bond acceptors (Lipinski definition) is 7. The summed E-state index contributed by atoms with van der Waals surface area (Å²) in [7, 11) is 0. The van der Waals surface area contributed by atoms with Crippen molar-refractivity contribution < 1.29 is 14.0 Å². The third-order valence-corrected chi connectivity index (χ3v) is 7.03. The number of fused-ring (bicyclic) bond motifs is 1. The zero-order valence-electron chi connectivity index (χ0n) is 16.6. The largest absolute Gasteiger partial charge is 0.440 e. The van der Waals surface area contributed by atoms with E-state index in [-0.39, 0.29) is 24.2 Å². The molecule has 1 aliphatic rings. The Balaban J connectivity index is 1.15. The molecule has 0 aliphatic carbocycles. The Bertz CT molecular complexity index is 1170. The molecule has 4 heterocycles. The number of hydrogen-bond donors (Lipinski definition) is 1. The van der Waals surface area contributed by atoms with Gasteiger partial charge < -0.3 is 9.32 Å². The van der Waals surface area contributed by atoms with Gasteiger partial charge in [-0.05, 0) is 36.4 Å². The van der Waals surface area contributed by atoms with E-state index >= 15 is 0 Å². The second-order valence-electron chi connectivity index (χ2n) is 7.43. The first-order valence-corrected chi connectivity index (χ1v) is 11.8. The number of nitrogens with zero attached hydrogens (tertiary/aromatic N) is 3. The van der Waals surface area contributed by atoms with E-state index < -0.39 is 0 Å². The van der Waals surface area contributed by atoms with Gasteiger partial charge in [-0.3, -0.25) is 14.9 Å². The Kier molecular flexibility index (Phi) is 5.52. The summed E-state index contributed by atoms with van der Waals surface area (Å²) in [4.78, 5) is 36.4. The molecule has 9 heteroatoms. The lowest BCUT2D eigenvalue weighted by Gasteiger charge is -2.30.